The van der Waals surface area contributed by atoms with Crippen molar-refractivity contribution in [2.45, 2.75) is 0 Å². The van der Waals surface area contributed by atoms with E-state index in [2.05, 4.69) is 0 Å². The maximum Gasteiger partial charge on any atom is 0.343 e. The number of hydrogen-bond donors (Lipinski definition) is 0. The summed E-state index contributed by atoms with van der Waals surface area (Å²) < 4.78 is 10.3. The fourth-order valence-electron chi connectivity index (χ4n) is 1.66. The molecule has 0 bridgehead atoms. The molecule has 0 amide bonds. The maximum absolute atomic E-state index is 11.9. The van der Waals surface area contributed by atoms with Gasteiger partial charge in [-0.3, -0.25) is 4.79 Å². The van der Waals surface area contributed by atoms with Crippen LogP contribution in [-0.2, 0) is 0 Å². The van der Waals surface area contributed by atoms with Gasteiger partial charge in [0.15, 0.2) is 17.8 Å². The number of para-hydroxylation sites is 1. The second-order valence-electron chi connectivity index (χ2n) is 3.75. The van der Waals surface area contributed by atoms with Gasteiger partial charge in [0.05, 0.1) is 18.2 Å². The minimum absolute atomic E-state index is 0.223. The van der Waals surface area contributed by atoms with E-state index < -0.39 is 5.97 Å². The van der Waals surface area contributed by atoms with E-state index in [-0.39, 0.29) is 11.5 Å². The van der Waals surface area contributed by atoms with Crippen molar-refractivity contribution in [3.05, 3.63) is 59.7 Å². The van der Waals surface area contributed by atoms with Gasteiger partial charge in [-0.15, -0.1) is 0 Å². The van der Waals surface area contributed by atoms with E-state index in [9.17, 15) is 9.59 Å². The molecule has 96 valence electrons. The zero-order valence-electron chi connectivity index (χ0n) is 10.3. The number of carbonyl (C=O) groups excluding carboxylic acids is 2. The minimum atomic E-state index is -0.498. The van der Waals surface area contributed by atoms with Gasteiger partial charge in [0, 0.05) is 0 Å². The number of benzene rings is 2. The van der Waals surface area contributed by atoms with Crippen LogP contribution in [0.4, 0.5) is 0 Å². The Kier molecular flexibility index (Phi) is 3.93. The monoisotopic (exact) mass is 256 g/mol. The number of hydrogen-bond acceptors (Lipinski definition) is 4. The van der Waals surface area contributed by atoms with Crippen molar-refractivity contribution in [3.63, 3.8) is 0 Å². The molecule has 0 aliphatic carbocycles. The molecule has 0 saturated heterocycles. The largest absolute Gasteiger partial charge is 0.492 e. The summed E-state index contributed by atoms with van der Waals surface area (Å²) in [6.45, 7) is 0. The Bertz CT molecular complexity index is 590. The maximum atomic E-state index is 11.9. The minimum Gasteiger partial charge on any atom is -0.492 e. The normalized spacial score (nSPS) is 9.74. The molecule has 0 aliphatic heterocycles. The molecule has 2 aromatic carbocycles. The van der Waals surface area contributed by atoms with Crippen LogP contribution in [0.3, 0.4) is 0 Å². The van der Waals surface area contributed by atoms with E-state index in [1.54, 1.807) is 42.5 Å². The number of aldehydes is 1. The van der Waals surface area contributed by atoms with Crippen LogP contribution < -0.4 is 9.47 Å². The molecule has 0 N–H and O–H groups in total. The van der Waals surface area contributed by atoms with Gasteiger partial charge in [0.25, 0.3) is 0 Å². The first-order valence-corrected chi connectivity index (χ1v) is 5.65. The Morgan fingerprint density at radius 3 is 2.42 bits per heavy atom. The van der Waals surface area contributed by atoms with Crippen LogP contribution in [0.1, 0.15) is 20.7 Å². The van der Waals surface area contributed by atoms with Crippen molar-refractivity contribution in [3.8, 4) is 11.5 Å². The molecule has 0 spiro atoms. The zero-order valence-corrected chi connectivity index (χ0v) is 10.3. The Balaban J connectivity index is 2.29. The van der Waals surface area contributed by atoms with E-state index in [0.29, 0.717) is 17.4 Å². The molecule has 0 aliphatic rings. The third-order valence-electron chi connectivity index (χ3n) is 2.55. The lowest BCUT2D eigenvalue weighted by Crippen LogP contribution is -2.09. The van der Waals surface area contributed by atoms with Crippen molar-refractivity contribution >= 4 is 12.3 Å². The first-order valence-electron chi connectivity index (χ1n) is 5.65. The number of carbonyl (C=O) groups is 2. The number of rotatable bonds is 4. The van der Waals surface area contributed by atoms with Gasteiger partial charge < -0.3 is 9.47 Å². The smallest absolute Gasteiger partial charge is 0.343 e. The molecular formula is C15H12O4. The van der Waals surface area contributed by atoms with Gasteiger partial charge in [-0.25, -0.2) is 4.79 Å². The topological polar surface area (TPSA) is 52.6 Å². The highest BCUT2D eigenvalue weighted by Gasteiger charge is 2.14. The molecule has 0 saturated carbocycles. The highest BCUT2D eigenvalue weighted by atomic mass is 16.6. The third-order valence-corrected chi connectivity index (χ3v) is 2.55. The lowest BCUT2D eigenvalue weighted by Gasteiger charge is -2.10. The average Bonchev–Trinajstić information content (AvgIpc) is 2.47. The number of methoxy groups -OCH3 is 1. The predicted octanol–water partition coefficient (Wildman–Crippen LogP) is 2.73. The Morgan fingerprint density at radius 2 is 1.79 bits per heavy atom. The summed E-state index contributed by atoms with van der Waals surface area (Å²) in [6.07, 6.45) is 0.651. The lowest BCUT2D eigenvalue weighted by molar-refractivity contribution is 0.0729. The fourth-order valence-corrected chi connectivity index (χ4v) is 1.66. The number of esters is 1. The summed E-state index contributed by atoms with van der Waals surface area (Å²) in [5.41, 5.74) is 0.766. The van der Waals surface area contributed by atoms with Crippen molar-refractivity contribution in [1.82, 2.24) is 0 Å². The summed E-state index contributed by atoms with van der Waals surface area (Å²) >= 11 is 0. The Labute approximate surface area is 110 Å². The Hall–Kier alpha value is -2.62. The van der Waals surface area contributed by atoms with Gasteiger partial charge in [-0.1, -0.05) is 24.3 Å². The molecule has 4 heteroatoms. The van der Waals surface area contributed by atoms with Gasteiger partial charge in [-0.2, -0.15) is 0 Å². The van der Waals surface area contributed by atoms with E-state index in [0.717, 1.165) is 0 Å². The molecule has 0 unspecified atom stereocenters. The average molecular weight is 256 g/mol. The second-order valence-corrected chi connectivity index (χ2v) is 3.75. The van der Waals surface area contributed by atoms with Crippen LogP contribution in [0.25, 0.3) is 0 Å². The van der Waals surface area contributed by atoms with Crippen molar-refractivity contribution in [1.29, 1.82) is 0 Å². The van der Waals surface area contributed by atoms with E-state index >= 15 is 0 Å². The van der Waals surface area contributed by atoms with Crippen molar-refractivity contribution in [2.24, 2.45) is 0 Å². The number of ether oxygens (including phenoxy) is 2. The first kappa shape index (κ1) is 12.8. The molecule has 4 nitrogen and oxygen atoms in total. The molecule has 0 aromatic heterocycles. The molecule has 0 radical (unpaired) electrons. The zero-order chi connectivity index (χ0) is 13.7. The van der Waals surface area contributed by atoms with Gasteiger partial charge in [0.1, 0.15) is 0 Å². The van der Waals surface area contributed by atoms with Crippen molar-refractivity contribution < 1.29 is 19.1 Å². The lowest BCUT2D eigenvalue weighted by atomic mass is 10.2. The third kappa shape index (κ3) is 2.80. The molecule has 0 atom stereocenters. The van der Waals surface area contributed by atoms with Crippen LogP contribution in [0.15, 0.2) is 48.5 Å². The van der Waals surface area contributed by atoms with Gasteiger partial charge in [-0.05, 0) is 24.3 Å². The summed E-state index contributed by atoms with van der Waals surface area (Å²) in [5.74, 6) is -0.0234. The summed E-state index contributed by atoms with van der Waals surface area (Å²) in [4.78, 5) is 22.8. The molecule has 19 heavy (non-hydrogen) atoms. The molecule has 0 fully saturated rings. The molecule has 2 rings (SSSR count). The summed E-state index contributed by atoms with van der Waals surface area (Å²) in [7, 11) is 1.42. The fraction of sp³-hybridized carbons (Fsp3) is 0.0667. The van der Waals surface area contributed by atoms with Gasteiger partial charge >= 0.3 is 5.97 Å². The first-order chi connectivity index (χ1) is 9.26. The SMILES string of the molecule is COc1c(C=O)cccc1OC(=O)c1ccccc1. The van der Waals surface area contributed by atoms with Crippen LogP contribution in [0.5, 0.6) is 11.5 Å². The van der Waals surface area contributed by atoms with Crippen LogP contribution in [-0.4, -0.2) is 19.4 Å². The highest BCUT2D eigenvalue weighted by molar-refractivity contribution is 5.92. The molecule has 0 heterocycles. The second kappa shape index (κ2) is 5.82. The Morgan fingerprint density at radius 1 is 1.05 bits per heavy atom. The summed E-state index contributed by atoms with van der Waals surface area (Å²) in [6, 6.07) is 13.4. The van der Waals surface area contributed by atoms with Crippen molar-refractivity contribution in [2.75, 3.05) is 7.11 Å². The molecular weight excluding hydrogens is 244 g/mol. The molecule has 2 aromatic rings. The summed E-state index contributed by atoms with van der Waals surface area (Å²) in [5, 5.41) is 0. The quantitative estimate of drug-likeness (QED) is 0.479. The predicted molar refractivity (Wildman–Crippen MR) is 69.8 cm³/mol. The van der Waals surface area contributed by atoms with Crippen LogP contribution >= 0.6 is 0 Å². The van der Waals surface area contributed by atoms with Crippen LogP contribution in [0.2, 0.25) is 0 Å². The van der Waals surface area contributed by atoms with E-state index in [1.807, 2.05) is 6.07 Å². The van der Waals surface area contributed by atoms with E-state index in [1.165, 1.54) is 7.11 Å². The highest BCUT2D eigenvalue weighted by Crippen LogP contribution is 2.30. The van der Waals surface area contributed by atoms with Gasteiger partial charge in [0.2, 0.25) is 0 Å². The van der Waals surface area contributed by atoms with E-state index in [4.69, 9.17) is 9.47 Å². The standard InChI is InChI=1S/C15H12O4/c1-18-14-12(10-16)8-5-9-13(14)19-15(17)11-6-3-2-4-7-11/h2-10H,1H3. The van der Waals surface area contributed by atoms with Crippen LogP contribution in [0, 0.1) is 0 Å².